The topological polar surface area (TPSA) is 48.7 Å². The van der Waals surface area contributed by atoms with Crippen molar-refractivity contribution < 1.29 is 13.9 Å². The second kappa shape index (κ2) is 8.50. The zero-order valence-corrected chi connectivity index (χ0v) is 16.4. The third-order valence-electron chi connectivity index (χ3n) is 4.17. The van der Waals surface area contributed by atoms with Crippen molar-refractivity contribution in [3.63, 3.8) is 0 Å². The number of nitrogens with zero attached hydrogens (tertiary/aromatic N) is 3. The van der Waals surface area contributed by atoms with Crippen molar-refractivity contribution in [2.75, 3.05) is 6.61 Å². The number of benzene rings is 1. The zero-order valence-electron chi connectivity index (χ0n) is 14.8. The van der Waals surface area contributed by atoms with E-state index in [4.69, 9.17) is 9.47 Å². The Morgan fingerprint density at radius 2 is 1.96 bits per heavy atom. The van der Waals surface area contributed by atoms with Crippen LogP contribution >= 0.6 is 15.9 Å². The summed E-state index contributed by atoms with van der Waals surface area (Å²) >= 11 is 3.47. The van der Waals surface area contributed by atoms with Crippen LogP contribution in [0, 0.1) is 5.82 Å². The molecule has 3 heterocycles. The highest BCUT2D eigenvalue weighted by Crippen LogP contribution is 2.29. The van der Waals surface area contributed by atoms with E-state index in [1.807, 2.05) is 48.7 Å². The summed E-state index contributed by atoms with van der Waals surface area (Å²) < 4.78 is 28.0. The summed E-state index contributed by atoms with van der Waals surface area (Å²) in [6.07, 6.45) is 4.22. The second-order valence-electron chi connectivity index (χ2n) is 6.19. The van der Waals surface area contributed by atoms with Crippen molar-refractivity contribution in [1.29, 1.82) is 0 Å². The van der Waals surface area contributed by atoms with Crippen molar-refractivity contribution in [2.45, 2.75) is 12.7 Å². The lowest BCUT2D eigenvalue weighted by atomic mass is 10.2. The number of hydrogen-bond donors (Lipinski definition) is 0. The SMILES string of the molecule is Fc1ccc(C(COCc2ccccc2)Oc2cc(Br)cn3nccc23)nc1. The summed E-state index contributed by atoms with van der Waals surface area (Å²) in [7, 11) is 0. The van der Waals surface area contributed by atoms with Gasteiger partial charge < -0.3 is 9.47 Å². The maximum absolute atomic E-state index is 13.3. The second-order valence-corrected chi connectivity index (χ2v) is 7.11. The molecule has 3 aromatic heterocycles. The highest BCUT2D eigenvalue weighted by Gasteiger charge is 2.18. The summed E-state index contributed by atoms with van der Waals surface area (Å²) in [4.78, 5) is 4.18. The summed E-state index contributed by atoms with van der Waals surface area (Å²) in [5, 5.41) is 4.24. The molecule has 0 aliphatic heterocycles. The Morgan fingerprint density at radius 1 is 1.11 bits per heavy atom. The Labute approximate surface area is 169 Å². The van der Waals surface area contributed by atoms with E-state index in [-0.39, 0.29) is 6.61 Å². The molecule has 0 fully saturated rings. The molecule has 0 radical (unpaired) electrons. The lowest BCUT2D eigenvalue weighted by Crippen LogP contribution is -2.16. The predicted octanol–water partition coefficient (Wildman–Crippen LogP) is 4.97. The summed E-state index contributed by atoms with van der Waals surface area (Å²) in [5.41, 5.74) is 2.47. The molecular formula is C21H17BrFN3O2. The Bertz CT molecular complexity index is 1050. The number of fused-ring (bicyclic) bond motifs is 1. The molecule has 5 nitrogen and oxygen atoms in total. The maximum atomic E-state index is 13.3. The van der Waals surface area contributed by atoms with Gasteiger partial charge in [-0.1, -0.05) is 30.3 Å². The van der Waals surface area contributed by atoms with Crippen LogP contribution in [0.15, 0.2) is 77.7 Å². The molecule has 0 bridgehead atoms. The average Bonchev–Trinajstić information content (AvgIpc) is 3.17. The highest BCUT2D eigenvalue weighted by molar-refractivity contribution is 9.10. The quantitative estimate of drug-likeness (QED) is 0.406. The first-order valence-corrected chi connectivity index (χ1v) is 9.51. The van der Waals surface area contributed by atoms with Gasteiger partial charge in [0.25, 0.3) is 0 Å². The minimum absolute atomic E-state index is 0.264. The van der Waals surface area contributed by atoms with Gasteiger partial charge in [0.1, 0.15) is 17.1 Å². The van der Waals surface area contributed by atoms with Gasteiger partial charge in [0.2, 0.25) is 0 Å². The van der Waals surface area contributed by atoms with Crippen LogP contribution < -0.4 is 4.74 Å². The standard InChI is InChI=1S/C21H17BrFN3O2/c22-16-10-20(19-8-9-25-26(19)12-16)28-21(18-7-6-17(23)11-24-18)14-27-13-15-4-2-1-3-5-15/h1-12,21H,13-14H2. The average molecular weight is 442 g/mol. The van der Waals surface area contributed by atoms with Gasteiger partial charge in [-0.25, -0.2) is 8.91 Å². The number of hydrogen-bond acceptors (Lipinski definition) is 4. The van der Waals surface area contributed by atoms with Gasteiger partial charge in [0.05, 0.1) is 31.3 Å². The van der Waals surface area contributed by atoms with Crippen LogP contribution in [0.1, 0.15) is 17.4 Å². The van der Waals surface area contributed by atoms with Gasteiger partial charge in [-0.3, -0.25) is 4.98 Å². The molecule has 142 valence electrons. The smallest absolute Gasteiger partial charge is 0.164 e. The largest absolute Gasteiger partial charge is 0.479 e. The predicted molar refractivity (Wildman–Crippen MR) is 107 cm³/mol. The number of rotatable bonds is 7. The minimum atomic E-state index is -0.502. The molecule has 0 saturated carbocycles. The molecule has 1 unspecified atom stereocenters. The third kappa shape index (κ3) is 4.37. The van der Waals surface area contributed by atoms with Crippen molar-refractivity contribution in [3.8, 4) is 5.75 Å². The minimum Gasteiger partial charge on any atom is -0.479 e. The number of halogens is 2. The monoisotopic (exact) mass is 441 g/mol. The molecule has 0 aliphatic rings. The van der Waals surface area contributed by atoms with Crippen LogP contribution in [0.3, 0.4) is 0 Å². The van der Waals surface area contributed by atoms with E-state index in [2.05, 4.69) is 26.0 Å². The van der Waals surface area contributed by atoms with Crippen LogP contribution in [-0.4, -0.2) is 21.2 Å². The summed E-state index contributed by atoms with van der Waals surface area (Å²) in [5.74, 6) is 0.236. The lowest BCUT2D eigenvalue weighted by molar-refractivity contribution is 0.0390. The Kier molecular flexibility index (Phi) is 5.64. The Balaban J connectivity index is 1.57. The highest BCUT2D eigenvalue weighted by atomic mass is 79.9. The van der Waals surface area contributed by atoms with Crippen molar-refractivity contribution in [2.24, 2.45) is 0 Å². The van der Waals surface area contributed by atoms with Crippen LogP contribution in [0.25, 0.3) is 5.52 Å². The zero-order chi connectivity index (χ0) is 19.3. The fraction of sp³-hybridized carbons (Fsp3) is 0.143. The van der Waals surface area contributed by atoms with Crippen molar-refractivity contribution >= 4 is 21.4 Å². The van der Waals surface area contributed by atoms with Crippen LogP contribution in [0.2, 0.25) is 0 Å². The fourth-order valence-electron chi connectivity index (χ4n) is 2.83. The summed E-state index contributed by atoms with van der Waals surface area (Å²) in [6, 6.07) is 16.6. The molecule has 0 spiro atoms. The fourth-order valence-corrected chi connectivity index (χ4v) is 3.23. The molecule has 28 heavy (non-hydrogen) atoms. The van der Waals surface area contributed by atoms with Gasteiger partial charge in [-0.2, -0.15) is 5.10 Å². The maximum Gasteiger partial charge on any atom is 0.164 e. The van der Waals surface area contributed by atoms with Crippen molar-refractivity contribution in [1.82, 2.24) is 14.6 Å². The molecule has 0 aliphatic carbocycles. The van der Waals surface area contributed by atoms with Crippen molar-refractivity contribution in [3.05, 3.63) is 94.7 Å². The Morgan fingerprint density at radius 3 is 2.75 bits per heavy atom. The molecule has 4 rings (SSSR count). The number of ether oxygens (including phenoxy) is 2. The molecule has 0 amide bonds. The van der Waals surface area contributed by atoms with E-state index >= 15 is 0 Å². The van der Waals surface area contributed by atoms with E-state index in [0.29, 0.717) is 18.1 Å². The molecule has 7 heteroatoms. The first kappa shape index (κ1) is 18.6. The van der Waals surface area contributed by atoms with Crippen LogP contribution in [-0.2, 0) is 11.3 Å². The van der Waals surface area contributed by atoms with Gasteiger partial charge in [0.15, 0.2) is 6.10 Å². The lowest BCUT2D eigenvalue weighted by Gasteiger charge is -2.20. The van der Waals surface area contributed by atoms with E-state index < -0.39 is 11.9 Å². The van der Waals surface area contributed by atoms with Gasteiger partial charge in [-0.05, 0) is 45.8 Å². The first-order valence-electron chi connectivity index (χ1n) is 8.72. The number of aromatic nitrogens is 3. The molecule has 1 aromatic carbocycles. The van der Waals surface area contributed by atoms with E-state index in [1.165, 1.54) is 12.3 Å². The Hall–Kier alpha value is -2.77. The molecule has 1 atom stereocenters. The molecule has 0 N–H and O–H groups in total. The first-order chi connectivity index (χ1) is 13.7. The van der Waals surface area contributed by atoms with Gasteiger partial charge in [0, 0.05) is 10.7 Å². The third-order valence-corrected chi connectivity index (χ3v) is 4.60. The van der Waals surface area contributed by atoms with Gasteiger partial charge >= 0.3 is 0 Å². The normalized spacial score (nSPS) is 12.2. The van der Waals surface area contributed by atoms with E-state index in [0.717, 1.165) is 15.6 Å². The van der Waals surface area contributed by atoms with E-state index in [1.54, 1.807) is 16.8 Å². The van der Waals surface area contributed by atoms with E-state index in [9.17, 15) is 4.39 Å². The van der Waals surface area contributed by atoms with Crippen LogP contribution in [0.4, 0.5) is 4.39 Å². The van der Waals surface area contributed by atoms with Crippen LogP contribution in [0.5, 0.6) is 5.75 Å². The summed E-state index contributed by atoms with van der Waals surface area (Å²) in [6.45, 7) is 0.711. The molecular weight excluding hydrogens is 425 g/mol. The van der Waals surface area contributed by atoms with Gasteiger partial charge in [-0.15, -0.1) is 0 Å². The molecule has 0 saturated heterocycles. The number of pyridine rings is 2. The molecule has 4 aromatic rings.